The van der Waals surface area contributed by atoms with Crippen LogP contribution >= 0.6 is 0 Å². The molecular weight excluding hydrogens is 256 g/mol. The second kappa shape index (κ2) is 5.21. The second-order valence-corrected chi connectivity index (χ2v) is 4.44. The van der Waals surface area contributed by atoms with E-state index in [2.05, 4.69) is 10.1 Å². The van der Waals surface area contributed by atoms with Gasteiger partial charge in [-0.2, -0.15) is 4.98 Å². The van der Waals surface area contributed by atoms with Crippen molar-refractivity contribution in [2.75, 3.05) is 0 Å². The summed E-state index contributed by atoms with van der Waals surface area (Å²) in [6.07, 6.45) is 0.735. The van der Waals surface area contributed by atoms with E-state index in [1.54, 1.807) is 12.1 Å². The second-order valence-electron chi connectivity index (χ2n) is 4.44. The van der Waals surface area contributed by atoms with Gasteiger partial charge >= 0.3 is 0 Å². The van der Waals surface area contributed by atoms with Gasteiger partial charge in [0.2, 0.25) is 0 Å². The van der Waals surface area contributed by atoms with Crippen molar-refractivity contribution in [1.82, 2.24) is 10.1 Å². The molecular formula is C15H14N2O3. The summed E-state index contributed by atoms with van der Waals surface area (Å²) in [4.78, 5) is 4.18. The van der Waals surface area contributed by atoms with E-state index >= 15 is 0 Å². The molecule has 1 heterocycles. The van der Waals surface area contributed by atoms with E-state index in [-0.39, 0.29) is 12.4 Å². The Morgan fingerprint density at radius 2 is 2.00 bits per heavy atom. The Bertz CT molecular complexity index is 737. The number of aromatic nitrogens is 2. The number of nitrogens with zero attached hydrogens (tertiary/aromatic N) is 2. The fraction of sp³-hybridized carbons (Fsp3) is 0.200. The number of aromatic hydroxyl groups is 1. The molecule has 102 valence electrons. The summed E-state index contributed by atoms with van der Waals surface area (Å²) < 4.78 is 10.7. The van der Waals surface area contributed by atoms with E-state index in [4.69, 9.17) is 9.26 Å². The maximum Gasteiger partial charge on any atom is 0.264 e. The molecule has 0 aliphatic heterocycles. The molecule has 0 bridgehead atoms. The normalized spacial score (nSPS) is 10.8. The first-order chi connectivity index (χ1) is 9.74. The van der Waals surface area contributed by atoms with Gasteiger partial charge in [-0.15, -0.1) is 0 Å². The standard InChI is InChI=1S/C15H14N2O3/c1-2-14-16-15(20-17-14)9-19-13-6-4-10-3-5-12(18)7-11(10)8-13/h3-8,18H,2,9H2,1H3. The first-order valence-electron chi connectivity index (χ1n) is 6.41. The van der Waals surface area contributed by atoms with E-state index in [1.807, 2.05) is 31.2 Å². The van der Waals surface area contributed by atoms with Gasteiger partial charge in [-0.3, -0.25) is 0 Å². The minimum Gasteiger partial charge on any atom is -0.508 e. The number of aryl methyl sites for hydroxylation is 1. The van der Waals surface area contributed by atoms with Crippen molar-refractivity contribution in [2.24, 2.45) is 0 Å². The quantitative estimate of drug-likeness (QED) is 0.789. The average Bonchev–Trinajstić information content (AvgIpc) is 2.92. The van der Waals surface area contributed by atoms with E-state index in [9.17, 15) is 5.11 Å². The van der Waals surface area contributed by atoms with E-state index in [1.165, 1.54) is 0 Å². The highest BCUT2D eigenvalue weighted by Gasteiger charge is 2.06. The molecule has 1 N–H and O–H groups in total. The average molecular weight is 270 g/mol. The van der Waals surface area contributed by atoms with Crippen LogP contribution in [-0.2, 0) is 13.0 Å². The zero-order valence-corrected chi connectivity index (χ0v) is 11.0. The molecule has 3 rings (SSSR count). The van der Waals surface area contributed by atoms with Crippen LogP contribution in [0.15, 0.2) is 40.9 Å². The van der Waals surface area contributed by atoms with Crippen LogP contribution in [0.3, 0.4) is 0 Å². The Morgan fingerprint density at radius 3 is 2.80 bits per heavy atom. The molecule has 0 amide bonds. The molecule has 0 fully saturated rings. The Morgan fingerprint density at radius 1 is 1.15 bits per heavy atom. The fourth-order valence-corrected chi connectivity index (χ4v) is 1.94. The number of fused-ring (bicyclic) bond motifs is 1. The van der Waals surface area contributed by atoms with Gasteiger partial charge in [0.15, 0.2) is 12.4 Å². The largest absolute Gasteiger partial charge is 0.508 e. The summed E-state index contributed by atoms with van der Waals surface area (Å²) in [5.41, 5.74) is 0. The van der Waals surface area contributed by atoms with Crippen molar-refractivity contribution in [3.05, 3.63) is 48.1 Å². The van der Waals surface area contributed by atoms with Gasteiger partial charge in [0.1, 0.15) is 11.5 Å². The predicted octanol–water partition coefficient (Wildman–Crippen LogP) is 3.07. The molecule has 0 spiro atoms. The SMILES string of the molecule is CCc1noc(COc2ccc3ccc(O)cc3c2)n1. The van der Waals surface area contributed by atoms with Crippen molar-refractivity contribution in [3.8, 4) is 11.5 Å². The zero-order valence-electron chi connectivity index (χ0n) is 11.0. The first kappa shape index (κ1) is 12.5. The van der Waals surface area contributed by atoms with Crippen LogP contribution in [0.1, 0.15) is 18.6 Å². The molecule has 2 aromatic carbocycles. The molecule has 0 aliphatic carbocycles. The number of hydrogen-bond acceptors (Lipinski definition) is 5. The van der Waals surface area contributed by atoms with Crippen molar-refractivity contribution < 1.29 is 14.4 Å². The smallest absolute Gasteiger partial charge is 0.264 e. The van der Waals surface area contributed by atoms with Crippen LogP contribution in [0.4, 0.5) is 0 Å². The summed E-state index contributed by atoms with van der Waals surface area (Å²) in [6.45, 7) is 2.20. The summed E-state index contributed by atoms with van der Waals surface area (Å²) in [5, 5.41) is 15.3. The fourth-order valence-electron chi connectivity index (χ4n) is 1.94. The topological polar surface area (TPSA) is 68.4 Å². The maximum atomic E-state index is 9.48. The van der Waals surface area contributed by atoms with Crippen molar-refractivity contribution in [2.45, 2.75) is 20.0 Å². The molecule has 0 aliphatic rings. The Hall–Kier alpha value is -2.56. The molecule has 0 radical (unpaired) electrons. The van der Waals surface area contributed by atoms with E-state index in [0.717, 1.165) is 17.2 Å². The van der Waals surface area contributed by atoms with Crippen molar-refractivity contribution in [3.63, 3.8) is 0 Å². The van der Waals surface area contributed by atoms with Crippen LogP contribution < -0.4 is 4.74 Å². The Kier molecular flexibility index (Phi) is 3.25. The number of rotatable bonds is 4. The first-order valence-corrected chi connectivity index (χ1v) is 6.41. The van der Waals surface area contributed by atoms with Crippen LogP contribution in [0.2, 0.25) is 0 Å². The number of benzene rings is 2. The highest BCUT2D eigenvalue weighted by Crippen LogP contribution is 2.24. The molecule has 0 saturated carbocycles. The zero-order chi connectivity index (χ0) is 13.9. The number of ether oxygens (including phenoxy) is 1. The van der Waals surface area contributed by atoms with Crippen LogP contribution in [0, 0.1) is 0 Å². The molecule has 0 unspecified atom stereocenters. The van der Waals surface area contributed by atoms with Gasteiger partial charge in [-0.25, -0.2) is 0 Å². The molecule has 1 aromatic heterocycles. The third-order valence-electron chi connectivity index (χ3n) is 2.98. The predicted molar refractivity (Wildman–Crippen MR) is 73.6 cm³/mol. The lowest BCUT2D eigenvalue weighted by Gasteiger charge is -2.05. The third-order valence-corrected chi connectivity index (χ3v) is 2.98. The lowest BCUT2D eigenvalue weighted by atomic mass is 10.1. The number of phenolic OH excluding ortho intramolecular Hbond substituents is 1. The van der Waals surface area contributed by atoms with Gasteiger partial charge in [-0.05, 0) is 35.0 Å². The molecule has 3 aromatic rings. The lowest BCUT2D eigenvalue weighted by Crippen LogP contribution is -1.96. The molecule has 20 heavy (non-hydrogen) atoms. The van der Waals surface area contributed by atoms with Gasteiger partial charge in [0.05, 0.1) is 0 Å². The summed E-state index contributed by atoms with van der Waals surface area (Å²) in [6, 6.07) is 10.9. The minimum absolute atomic E-state index is 0.233. The van der Waals surface area contributed by atoms with Gasteiger partial charge in [0, 0.05) is 6.42 Å². The summed E-state index contributed by atoms with van der Waals surface area (Å²) in [7, 11) is 0. The maximum absolute atomic E-state index is 9.48. The monoisotopic (exact) mass is 270 g/mol. The van der Waals surface area contributed by atoms with Crippen LogP contribution in [0.5, 0.6) is 11.5 Å². The summed E-state index contributed by atoms with van der Waals surface area (Å²) >= 11 is 0. The van der Waals surface area contributed by atoms with E-state index in [0.29, 0.717) is 17.5 Å². The highest BCUT2D eigenvalue weighted by molar-refractivity contribution is 5.85. The molecule has 0 saturated heterocycles. The molecule has 5 nitrogen and oxygen atoms in total. The number of hydrogen-bond donors (Lipinski definition) is 1. The lowest BCUT2D eigenvalue weighted by molar-refractivity contribution is 0.242. The Balaban J connectivity index is 1.76. The van der Waals surface area contributed by atoms with Crippen LogP contribution in [-0.4, -0.2) is 15.2 Å². The molecule has 5 heteroatoms. The number of phenols is 1. The van der Waals surface area contributed by atoms with Crippen LogP contribution in [0.25, 0.3) is 10.8 Å². The van der Waals surface area contributed by atoms with Gasteiger partial charge < -0.3 is 14.4 Å². The van der Waals surface area contributed by atoms with Gasteiger partial charge in [0.25, 0.3) is 5.89 Å². The molecule has 0 atom stereocenters. The Labute approximate surface area is 115 Å². The highest BCUT2D eigenvalue weighted by atomic mass is 16.5. The minimum atomic E-state index is 0.233. The van der Waals surface area contributed by atoms with E-state index < -0.39 is 0 Å². The van der Waals surface area contributed by atoms with Gasteiger partial charge in [-0.1, -0.05) is 24.2 Å². The third kappa shape index (κ3) is 2.56. The summed E-state index contributed by atoms with van der Waals surface area (Å²) in [5.74, 6) is 2.06. The van der Waals surface area contributed by atoms with Crippen molar-refractivity contribution in [1.29, 1.82) is 0 Å². The van der Waals surface area contributed by atoms with Crippen molar-refractivity contribution >= 4 is 10.8 Å².